The van der Waals surface area contributed by atoms with E-state index >= 15 is 0 Å². The molecule has 0 N–H and O–H groups in total. The summed E-state index contributed by atoms with van der Waals surface area (Å²) in [6.45, 7) is 10.7. The predicted octanol–water partition coefficient (Wildman–Crippen LogP) is 12.7. The van der Waals surface area contributed by atoms with Crippen molar-refractivity contribution in [3.8, 4) is 22.3 Å². The second kappa shape index (κ2) is 20.2. The molecule has 0 aliphatic carbocycles. The number of nitrogens with zero attached hydrogens (tertiary/aromatic N) is 1. The summed E-state index contributed by atoms with van der Waals surface area (Å²) in [7, 11) is 0. The molecule has 2 heterocycles. The van der Waals surface area contributed by atoms with E-state index in [0.29, 0.717) is 52.1 Å². The van der Waals surface area contributed by atoms with Gasteiger partial charge in [-0.1, -0.05) is 121 Å². The summed E-state index contributed by atoms with van der Waals surface area (Å²) in [4.78, 5) is 26.8. The largest absolute Gasteiger partial charge is 0.463 e. The number of epoxide rings is 2. The summed E-state index contributed by atoms with van der Waals surface area (Å²) in [5.74, 6) is -0.319. The van der Waals surface area contributed by atoms with Gasteiger partial charge in [0.05, 0.1) is 13.2 Å². The van der Waals surface area contributed by atoms with Gasteiger partial charge in [-0.3, -0.25) is 9.59 Å². The first kappa shape index (κ1) is 44.4. The highest BCUT2D eigenvalue weighted by Crippen LogP contribution is 2.38. The van der Waals surface area contributed by atoms with Crippen molar-refractivity contribution >= 4 is 29.0 Å². The molecular formula is C59H57NO6. The normalized spacial score (nSPS) is 15.5. The lowest BCUT2D eigenvalue weighted by Crippen LogP contribution is -2.11. The van der Waals surface area contributed by atoms with Crippen LogP contribution >= 0.6 is 0 Å². The monoisotopic (exact) mass is 875 g/mol. The van der Waals surface area contributed by atoms with Crippen molar-refractivity contribution in [2.24, 2.45) is 0 Å². The zero-order valence-electron chi connectivity index (χ0n) is 38.3. The van der Waals surface area contributed by atoms with Gasteiger partial charge in [-0.05, 0) is 149 Å². The van der Waals surface area contributed by atoms with Crippen LogP contribution in [0.5, 0.6) is 0 Å². The Bertz CT molecular complexity index is 2580. The fourth-order valence-corrected chi connectivity index (χ4v) is 8.39. The molecule has 2 aliphatic rings. The molecule has 7 nitrogen and oxygen atoms in total. The molecular weight excluding hydrogens is 819 g/mol. The number of hydrogen-bond acceptors (Lipinski definition) is 7. The topological polar surface area (TPSA) is 80.9 Å². The van der Waals surface area contributed by atoms with Crippen molar-refractivity contribution in [1.29, 1.82) is 0 Å². The Hall–Kier alpha value is -6.80. The van der Waals surface area contributed by atoms with Crippen LogP contribution in [0.25, 0.3) is 22.3 Å². The van der Waals surface area contributed by atoms with E-state index in [1.54, 1.807) is 0 Å². The van der Waals surface area contributed by atoms with Crippen molar-refractivity contribution in [3.05, 3.63) is 208 Å². The quantitative estimate of drug-likeness (QED) is 0.0482. The minimum absolute atomic E-state index is 0.0570. The maximum Gasteiger partial charge on any atom is 0.306 e. The van der Waals surface area contributed by atoms with Crippen LogP contribution in [0.1, 0.15) is 68.8 Å². The Morgan fingerprint density at radius 3 is 1.29 bits per heavy atom. The third-order valence-corrected chi connectivity index (χ3v) is 12.9. The van der Waals surface area contributed by atoms with Gasteiger partial charge in [-0.25, -0.2) is 0 Å². The van der Waals surface area contributed by atoms with E-state index in [2.05, 4.69) is 190 Å². The standard InChI is InChI=1S/C59H57NO6/c1-39-5-13-51(33-41(39)3)59(49-14-7-43(8-15-49)11-31-57(61)65-37-55-35-63-55)50-22-20-47(21-23-50)45-16-18-46(19-17-45)48-24-29-53(30-25-48)60(54-26-6-40(2)42(4)34-54)52-27-9-44(10-28-52)12-32-58(62)66-38-56-36-64-56/h5-10,13-30,33-34,55-56,59H,11-12,31-32,35-38H2,1-4H3. The molecule has 7 aromatic rings. The molecule has 2 fully saturated rings. The Labute approximate surface area is 389 Å². The molecule has 9 rings (SSSR count). The van der Waals surface area contributed by atoms with Gasteiger partial charge in [0.2, 0.25) is 0 Å². The lowest BCUT2D eigenvalue weighted by Gasteiger charge is -2.26. The lowest BCUT2D eigenvalue weighted by atomic mass is 9.83. The van der Waals surface area contributed by atoms with Crippen molar-refractivity contribution < 1.29 is 28.5 Å². The fraction of sp³-hybridized carbons (Fsp3) is 0.254. The Morgan fingerprint density at radius 2 is 0.833 bits per heavy atom. The third-order valence-electron chi connectivity index (χ3n) is 12.9. The molecule has 0 amide bonds. The minimum atomic E-state index is -0.192. The fourth-order valence-electron chi connectivity index (χ4n) is 8.39. The Kier molecular flexibility index (Phi) is 13.6. The number of carbonyl (C=O) groups excluding carboxylic acids is 2. The molecule has 0 aromatic heterocycles. The number of carbonyl (C=O) groups is 2. The molecule has 7 heteroatoms. The minimum Gasteiger partial charge on any atom is -0.463 e. The summed E-state index contributed by atoms with van der Waals surface area (Å²) in [5.41, 5.74) is 18.7. The summed E-state index contributed by atoms with van der Waals surface area (Å²) >= 11 is 0. The number of benzene rings is 7. The van der Waals surface area contributed by atoms with Crippen molar-refractivity contribution in [3.63, 3.8) is 0 Å². The van der Waals surface area contributed by atoms with Crippen LogP contribution in [0.4, 0.5) is 17.1 Å². The van der Waals surface area contributed by atoms with E-state index in [0.717, 1.165) is 50.4 Å². The molecule has 0 radical (unpaired) electrons. The SMILES string of the molecule is Cc1ccc(C(c2ccc(CCC(=O)OCC3CO3)cc2)c2ccc(-c3ccc(-c4ccc(N(c5ccc(CCC(=O)OCC6CO6)cc5)c5ccc(C)c(C)c5)cc4)cc3)cc2)cc1C. The van der Waals surface area contributed by atoms with Gasteiger partial charge >= 0.3 is 11.9 Å². The first-order valence-electron chi connectivity index (χ1n) is 23.1. The van der Waals surface area contributed by atoms with E-state index < -0.39 is 0 Å². The maximum absolute atomic E-state index is 12.3. The van der Waals surface area contributed by atoms with Crippen LogP contribution in [0.2, 0.25) is 0 Å². The van der Waals surface area contributed by atoms with Crippen LogP contribution < -0.4 is 4.90 Å². The first-order valence-corrected chi connectivity index (χ1v) is 23.1. The summed E-state index contributed by atoms with van der Waals surface area (Å²) in [6, 6.07) is 57.0. The molecule has 0 saturated carbocycles. The summed E-state index contributed by atoms with van der Waals surface area (Å²) < 4.78 is 21.0. The smallest absolute Gasteiger partial charge is 0.306 e. The summed E-state index contributed by atoms with van der Waals surface area (Å²) in [5, 5.41) is 0. The number of esters is 2. The Balaban J connectivity index is 0.894. The molecule has 2 aliphatic heterocycles. The van der Waals surface area contributed by atoms with Gasteiger partial charge in [-0.15, -0.1) is 0 Å². The first-order chi connectivity index (χ1) is 32.1. The number of aryl methyl sites for hydroxylation is 6. The average molecular weight is 876 g/mol. The van der Waals surface area contributed by atoms with E-state index in [9.17, 15) is 9.59 Å². The average Bonchev–Trinajstić information content (AvgIpc) is 4.30. The Morgan fingerprint density at radius 1 is 0.470 bits per heavy atom. The van der Waals surface area contributed by atoms with Crippen molar-refractivity contribution in [1.82, 2.24) is 0 Å². The zero-order chi connectivity index (χ0) is 45.6. The summed E-state index contributed by atoms with van der Waals surface area (Å²) in [6.07, 6.45) is 2.11. The predicted molar refractivity (Wildman–Crippen MR) is 263 cm³/mol. The highest BCUT2D eigenvalue weighted by Gasteiger charge is 2.25. The highest BCUT2D eigenvalue weighted by atomic mass is 16.6. The van der Waals surface area contributed by atoms with Gasteiger partial charge in [-0.2, -0.15) is 0 Å². The second-order valence-electron chi connectivity index (χ2n) is 17.8. The van der Waals surface area contributed by atoms with E-state index in [-0.39, 0.29) is 30.1 Å². The molecule has 66 heavy (non-hydrogen) atoms. The molecule has 3 atom stereocenters. The van der Waals surface area contributed by atoms with Gasteiger partial charge in [0, 0.05) is 35.8 Å². The van der Waals surface area contributed by atoms with Crippen molar-refractivity contribution in [2.45, 2.75) is 71.5 Å². The molecule has 0 spiro atoms. The van der Waals surface area contributed by atoms with Crippen LogP contribution in [-0.2, 0) is 41.4 Å². The number of anilines is 3. The highest BCUT2D eigenvalue weighted by molar-refractivity contribution is 5.79. The molecule has 334 valence electrons. The molecule has 7 aromatic carbocycles. The maximum atomic E-state index is 12.3. The van der Waals surface area contributed by atoms with E-state index in [1.807, 2.05) is 0 Å². The van der Waals surface area contributed by atoms with Crippen LogP contribution in [0.3, 0.4) is 0 Å². The molecule has 2 saturated heterocycles. The number of ether oxygens (including phenoxy) is 4. The lowest BCUT2D eigenvalue weighted by molar-refractivity contribution is -0.144. The van der Waals surface area contributed by atoms with Crippen molar-refractivity contribution in [2.75, 3.05) is 31.3 Å². The van der Waals surface area contributed by atoms with Gasteiger partial charge in [0.25, 0.3) is 0 Å². The second-order valence-corrected chi connectivity index (χ2v) is 17.8. The van der Waals surface area contributed by atoms with Gasteiger partial charge < -0.3 is 23.8 Å². The van der Waals surface area contributed by atoms with Crippen LogP contribution in [0.15, 0.2) is 158 Å². The van der Waals surface area contributed by atoms with Crippen LogP contribution in [-0.4, -0.2) is 50.6 Å². The van der Waals surface area contributed by atoms with E-state index in [1.165, 1.54) is 38.9 Å². The van der Waals surface area contributed by atoms with Crippen LogP contribution in [0, 0.1) is 27.7 Å². The van der Waals surface area contributed by atoms with Gasteiger partial charge in [0.15, 0.2) is 0 Å². The molecule has 0 bridgehead atoms. The van der Waals surface area contributed by atoms with E-state index in [4.69, 9.17) is 18.9 Å². The third kappa shape index (κ3) is 11.2. The van der Waals surface area contributed by atoms with Gasteiger partial charge in [0.1, 0.15) is 25.4 Å². The molecule has 3 unspecified atom stereocenters. The number of hydrogen-bond donors (Lipinski definition) is 0. The zero-order valence-corrected chi connectivity index (χ0v) is 38.3. The number of rotatable bonds is 18.